The Morgan fingerprint density at radius 2 is 2.04 bits per heavy atom. The van der Waals surface area contributed by atoms with Gasteiger partial charge in [0.05, 0.1) is 5.54 Å². The number of benzene rings is 1. The van der Waals surface area contributed by atoms with E-state index in [4.69, 9.17) is 10.5 Å². The fourth-order valence-electron chi connectivity index (χ4n) is 3.09. The van der Waals surface area contributed by atoms with E-state index < -0.39 is 5.54 Å². The molecule has 6 heteroatoms. The number of ether oxygens (including phenoxy) is 1. The lowest BCUT2D eigenvalue weighted by molar-refractivity contribution is -0.120. The van der Waals surface area contributed by atoms with E-state index in [1.807, 2.05) is 32.0 Å². The molecule has 1 aromatic rings. The number of nitrogens with zero attached hydrogens (tertiary/aromatic N) is 1. The van der Waals surface area contributed by atoms with E-state index in [0.29, 0.717) is 13.0 Å². The molecule has 0 radical (unpaired) electrons. The molecule has 0 bridgehead atoms. The van der Waals surface area contributed by atoms with Gasteiger partial charge in [-0.1, -0.05) is 13.3 Å². The number of hydrogen-bond donors (Lipinski definition) is 2. The van der Waals surface area contributed by atoms with Crippen LogP contribution in [-0.4, -0.2) is 42.6 Å². The van der Waals surface area contributed by atoms with Crippen LogP contribution in [0.2, 0.25) is 0 Å². The first-order valence-electron chi connectivity index (χ1n) is 8.98. The predicted octanol–water partition coefficient (Wildman–Crippen LogP) is 3.35. The van der Waals surface area contributed by atoms with Gasteiger partial charge in [-0.2, -0.15) is 0 Å². The van der Waals surface area contributed by atoms with Gasteiger partial charge in [-0.15, -0.1) is 12.4 Å². The average molecular weight is 370 g/mol. The van der Waals surface area contributed by atoms with Gasteiger partial charge in [0.25, 0.3) is 0 Å². The first-order valence-corrected chi connectivity index (χ1v) is 8.98. The molecule has 2 rings (SSSR count). The van der Waals surface area contributed by atoms with Crippen LogP contribution in [0.3, 0.4) is 0 Å². The van der Waals surface area contributed by atoms with Crippen LogP contribution >= 0.6 is 12.4 Å². The van der Waals surface area contributed by atoms with E-state index in [1.54, 1.807) is 6.92 Å². The Hall–Kier alpha value is -1.30. The third-order valence-corrected chi connectivity index (χ3v) is 4.58. The van der Waals surface area contributed by atoms with Gasteiger partial charge in [-0.05, 0) is 70.0 Å². The zero-order chi connectivity index (χ0) is 17.6. The van der Waals surface area contributed by atoms with Gasteiger partial charge in [0.1, 0.15) is 12.4 Å². The molecule has 142 valence electrons. The number of anilines is 1. The molecule has 1 aliphatic rings. The molecule has 25 heavy (non-hydrogen) atoms. The van der Waals surface area contributed by atoms with Crippen LogP contribution in [-0.2, 0) is 4.79 Å². The molecule has 0 saturated carbocycles. The highest BCUT2D eigenvalue weighted by Gasteiger charge is 2.27. The van der Waals surface area contributed by atoms with Crippen LogP contribution in [0.25, 0.3) is 0 Å². The van der Waals surface area contributed by atoms with Gasteiger partial charge >= 0.3 is 0 Å². The molecule has 1 heterocycles. The lowest BCUT2D eigenvalue weighted by Gasteiger charge is -2.23. The Morgan fingerprint density at radius 1 is 1.36 bits per heavy atom. The number of rotatable bonds is 8. The van der Waals surface area contributed by atoms with Crippen molar-refractivity contribution >= 4 is 24.0 Å². The summed E-state index contributed by atoms with van der Waals surface area (Å²) in [6.45, 7) is 9.83. The van der Waals surface area contributed by atoms with Crippen LogP contribution < -0.4 is 15.8 Å². The van der Waals surface area contributed by atoms with Crippen molar-refractivity contribution in [3.8, 4) is 5.75 Å². The van der Waals surface area contributed by atoms with Gasteiger partial charge in [-0.25, -0.2) is 0 Å². The normalized spacial score (nSPS) is 16.8. The van der Waals surface area contributed by atoms with Crippen LogP contribution in [0.4, 0.5) is 5.69 Å². The van der Waals surface area contributed by atoms with E-state index in [-0.39, 0.29) is 18.3 Å². The van der Waals surface area contributed by atoms with Crippen molar-refractivity contribution in [3.05, 3.63) is 23.8 Å². The molecule has 1 fully saturated rings. The van der Waals surface area contributed by atoms with Gasteiger partial charge in [0.15, 0.2) is 0 Å². The Kier molecular flexibility index (Phi) is 8.69. The number of hydrogen-bond acceptors (Lipinski definition) is 4. The molecular weight excluding hydrogens is 338 g/mol. The molecule has 1 saturated heterocycles. The number of carbonyl (C=O) groups is 1. The quantitative estimate of drug-likeness (QED) is 0.737. The highest BCUT2D eigenvalue weighted by molar-refractivity contribution is 5.97. The molecule has 0 spiro atoms. The van der Waals surface area contributed by atoms with E-state index in [1.165, 1.54) is 25.9 Å². The van der Waals surface area contributed by atoms with Crippen molar-refractivity contribution < 1.29 is 9.53 Å². The van der Waals surface area contributed by atoms with E-state index in [2.05, 4.69) is 10.2 Å². The molecule has 0 aromatic heterocycles. The Labute approximate surface area is 157 Å². The summed E-state index contributed by atoms with van der Waals surface area (Å²) in [5.41, 5.74) is 7.01. The van der Waals surface area contributed by atoms with Crippen molar-refractivity contribution in [1.82, 2.24) is 4.90 Å². The topological polar surface area (TPSA) is 67.6 Å². The number of nitrogens with two attached hydrogens (primary N) is 1. The summed E-state index contributed by atoms with van der Waals surface area (Å²) < 4.78 is 5.89. The molecule has 1 aliphatic heterocycles. The first-order chi connectivity index (χ1) is 11.4. The van der Waals surface area contributed by atoms with Crippen molar-refractivity contribution in [2.45, 2.75) is 52.0 Å². The summed E-state index contributed by atoms with van der Waals surface area (Å²) >= 11 is 0. The summed E-state index contributed by atoms with van der Waals surface area (Å²) in [6, 6.07) is 5.73. The number of halogens is 1. The number of nitrogens with one attached hydrogen (secondary N) is 1. The van der Waals surface area contributed by atoms with Gasteiger partial charge in [0.2, 0.25) is 5.91 Å². The van der Waals surface area contributed by atoms with Crippen molar-refractivity contribution in [2.75, 3.05) is 31.6 Å². The fraction of sp³-hybridized carbons (Fsp3) is 0.632. The lowest BCUT2D eigenvalue weighted by Crippen LogP contribution is -2.48. The predicted molar refractivity (Wildman–Crippen MR) is 106 cm³/mol. The summed E-state index contributed by atoms with van der Waals surface area (Å²) in [6.07, 6.45) is 4.13. The largest absolute Gasteiger partial charge is 0.492 e. The van der Waals surface area contributed by atoms with Crippen molar-refractivity contribution in [3.63, 3.8) is 0 Å². The molecule has 1 atom stereocenters. The monoisotopic (exact) mass is 369 g/mol. The van der Waals surface area contributed by atoms with Gasteiger partial charge < -0.3 is 15.8 Å². The van der Waals surface area contributed by atoms with Crippen LogP contribution in [0.1, 0.15) is 45.1 Å². The smallest absolute Gasteiger partial charge is 0.244 e. The summed E-state index contributed by atoms with van der Waals surface area (Å²) in [5.74, 6) is 0.725. The zero-order valence-corrected chi connectivity index (χ0v) is 16.5. The maximum atomic E-state index is 12.3. The second-order valence-electron chi connectivity index (χ2n) is 7.00. The van der Waals surface area contributed by atoms with Crippen LogP contribution in [0.5, 0.6) is 5.75 Å². The first kappa shape index (κ1) is 21.7. The number of aryl methyl sites for hydroxylation is 1. The van der Waals surface area contributed by atoms with E-state index in [9.17, 15) is 4.79 Å². The Morgan fingerprint density at radius 3 is 2.64 bits per heavy atom. The molecule has 1 amide bonds. The zero-order valence-electron chi connectivity index (χ0n) is 15.6. The van der Waals surface area contributed by atoms with E-state index >= 15 is 0 Å². The second kappa shape index (κ2) is 10.00. The minimum Gasteiger partial charge on any atom is -0.492 e. The molecule has 3 N–H and O–H groups in total. The molecular formula is C19H32ClN3O2. The minimum absolute atomic E-state index is 0. The summed E-state index contributed by atoms with van der Waals surface area (Å²) in [5, 5.41) is 2.91. The summed E-state index contributed by atoms with van der Waals surface area (Å²) in [7, 11) is 0. The SMILES string of the molecule is CCCC(C)(N)C(=O)Nc1ccc(OCCN2CCCC2)c(C)c1.Cl. The van der Waals surface area contributed by atoms with Gasteiger partial charge in [0, 0.05) is 12.2 Å². The van der Waals surface area contributed by atoms with Crippen molar-refractivity contribution in [1.29, 1.82) is 0 Å². The minimum atomic E-state index is -0.840. The third kappa shape index (κ3) is 6.49. The molecule has 0 aliphatic carbocycles. The van der Waals surface area contributed by atoms with Crippen LogP contribution in [0.15, 0.2) is 18.2 Å². The molecule has 5 nitrogen and oxygen atoms in total. The maximum absolute atomic E-state index is 12.3. The summed E-state index contributed by atoms with van der Waals surface area (Å²) in [4.78, 5) is 14.7. The molecule has 1 aromatic carbocycles. The van der Waals surface area contributed by atoms with Crippen molar-refractivity contribution in [2.24, 2.45) is 5.73 Å². The highest BCUT2D eigenvalue weighted by Crippen LogP contribution is 2.23. The van der Waals surface area contributed by atoms with E-state index in [0.717, 1.165) is 30.0 Å². The maximum Gasteiger partial charge on any atom is 0.244 e. The highest BCUT2D eigenvalue weighted by atomic mass is 35.5. The van der Waals surface area contributed by atoms with Crippen LogP contribution in [0, 0.1) is 6.92 Å². The average Bonchev–Trinajstić information content (AvgIpc) is 3.02. The number of carbonyl (C=O) groups excluding carboxylic acids is 1. The third-order valence-electron chi connectivity index (χ3n) is 4.58. The molecule has 1 unspecified atom stereocenters. The lowest BCUT2D eigenvalue weighted by atomic mass is 9.96. The number of likely N-dealkylation sites (tertiary alicyclic amines) is 1. The number of amides is 1. The standard InChI is InChI=1S/C19H31N3O2.ClH/c1-4-9-19(3,20)18(23)21-16-7-8-17(15(2)14-16)24-13-12-22-10-5-6-11-22;/h7-8,14H,4-6,9-13,20H2,1-3H3,(H,21,23);1H. The second-order valence-corrected chi connectivity index (χ2v) is 7.00. The van der Waals surface area contributed by atoms with Gasteiger partial charge in [-0.3, -0.25) is 9.69 Å². The fourth-order valence-corrected chi connectivity index (χ4v) is 3.09. The Bertz CT molecular complexity index is 558. The Balaban J connectivity index is 0.00000312.